The Labute approximate surface area is 374 Å². The quantitative estimate of drug-likeness (QED) is 0.124. The number of carbonyl (C=O) groups excluding carboxylic acids is 2. The molecule has 2 fully saturated rings. The highest BCUT2D eigenvalue weighted by Gasteiger charge is 2.59. The van der Waals surface area contributed by atoms with Gasteiger partial charge in [-0.1, -0.05) is 48.8 Å². The van der Waals surface area contributed by atoms with E-state index in [2.05, 4.69) is 34.5 Å². The van der Waals surface area contributed by atoms with Crippen molar-refractivity contribution in [1.29, 1.82) is 0 Å². The second-order valence-electron chi connectivity index (χ2n) is 17.9. The number of H-pyrrole nitrogens is 1. The van der Waals surface area contributed by atoms with Crippen LogP contribution < -0.4 is 14.8 Å². The third kappa shape index (κ3) is 6.55. The van der Waals surface area contributed by atoms with Crippen LogP contribution in [0.25, 0.3) is 33.8 Å². The third-order valence-electron chi connectivity index (χ3n) is 14.3. The number of benzene rings is 4. The van der Waals surface area contributed by atoms with Crippen molar-refractivity contribution in [2.75, 3.05) is 33.9 Å². The number of aliphatic hydroxyl groups is 3. The van der Waals surface area contributed by atoms with Crippen molar-refractivity contribution in [3.63, 3.8) is 0 Å². The fourth-order valence-electron chi connectivity index (χ4n) is 11.0. The second-order valence-corrected chi connectivity index (χ2v) is 17.9. The van der Waals surface area contributed by atoms with Crippen LogP contribution in [0.15, 0.2) is 60.8 Å². The molecule has 1 aromatic heterocycles. The number of Topliss-reactive ketones (excluding diaryl/α,β-unsaturated/α-hetero) is 1. The van der Waals surface area contributed by atoms with Gasteiger partial charge >= 0.3 is 0 Å². The Morgan fingerprint density at radius 3 is 2.75 bits per heavy atom. The lowest BCUT2D eigenvalue weighted by atomic mass is 9.75. The average molecular weight is 880 g/mol. The molecule has 8 bridgehead atoms. The smallest absolute Gasteiger partial charge is 0.254 e. The molecule has 1 saturated carbocycles. The van der Waals surface area contributed by atoms with Crippen LogP contribution in [0.2, 0.25) is 0 Å². The number of ketones is 1. The molecule has 6 N–H and O–H groups in total. The van der Waals surface area contributed by atoms with E-state index in [0.717, 1.165) is 52.4 Å². The molecule has 1 amide bonds. The Hall–Kier alpha value is -6.18. The SMILES string of the molecule is CNCc1ccc2[nH]cc(C3C=Cc4c(OC)cc5c6c(c7c(O)c5c4OC4OC(CO3)C(O)C(OC#CCc3cccc5c3CN(CC7=O)C5=O)C4(O)CO)C3CCCC3C=C6)c2c1. The number of aromatic amines is 1. The first-order chi connectivity index (χ1) is 31.6. The lowest BCUT2D eigenvalue weighted by molar-refractivity contribution is -0.328. The molecule has 2 aliphatic carbocycles. The number of rotatable bonds is 5. The first-order valence-corrected chi connectivity index (χ1v) is 22.2. The number of carbonyl (C=O) groups is 2. The van der Waals surface area contributed by atoms with Crippen LogP contribution in [0.5, 0.6) is 17.2 Å². The Bertz CT molecular complexity index is 2930. The molecule has 14 nitrogen and oxygen atoms in total. The molecule has 11 rings (SSSR count). The van der Waals surface area contributed by atoms with Crippen molar-refractivity contribution in [2.45, 2.75) is 81.0 Å². The maximum atomic E-state index is 15.1. The zero-order valence-electron chi connectivity index (χ0n) is 35.9. The largest absolute Gasteiger partial charge is 0.506 e. The molecule has 1 saturated heterocycles. The van der Waals surface area contributed by atoms with Gasteiger partial charge in [0.2, 0.25) is 6.29 Å². The number of amides is 1. The molecule has 0 spiro atoms. The van der Waals surface area contributed by atoms with Crippen LogP contribution >= 0.6 is 0 Å². The van der Waals surface area contributed by atoms with E-state index in [0.29, 0.717) is 39.9 Å². The number of allylic oxidation sites excluding steroid dienone is 1. The molecule has 8 atom stereocenters. The van der Waals surface area contributed by atoms with E-state index in [1.54, 1.807) is 18.2 Å². The molecule has 14 heteroatoms. The number of hydrogen-bond acceptors (Lipinski definition) is 12. The van der Waals surface area contributed by atoms with Crippen LogP contribution in [0.1, 0.15) is 90.9 Å². The van der Waals surface area contributed by atoms with Gasteiger partial charge in [-0.05, 0) is 89.9 Å². The van der Waals surface area contributed by atoms with Gasteiger partial charge in [0.15, 0.2) is 17.5 Å². The molecule has 4 aromatic carbocycles. The molecule has 334 valence electrons. The van der Waals surface area contributed by atoms with Crippen molar-refractivity contribution in [3.05, 3.63) is 111 Å². The number of methoxy groups -OCH3 is 1. The van der Waals surface area contributed by atoms with Crippen molar-refractivity contribution in [3.8, 4) is 29.3 Å². The summed E-state index contributed by atoms with van der Waals surface area (Å²) in [6.45, 7) is -0.746. The minimum atomic E-state index is -2.46. The number of fused-ring (bicyclic) bond motifs is 10. The molecular weight excluding hydrogens is 831 g/mol. The average Bonchev–Trinajstić information content (AvgIpc) is 4.04. The van der Waals surface area contributed by atoms with Crippen LogP contribution in [0.3, 0.4) is 0 Å². The molecule has 8 unspecified atom stereocenters. The predicted octanol–water partition coefficient (Wildman–Crippen LogP) is 5.38. The summed E-state index contributed by atoms with van der Waals surface area (Å²) in [4.78, 5) is 34.0. The molecular formula is C51H49N3O11. The molecule has 6 aliphatic rings. The lowest BCUT2D eigenvalue weighted by Crippen LogP contribution is -2.70. The number of nitrogens with one attached hydrogen (secondary N) is 2. The summed E-state index contributed by atoms with van der Waals surface area (Å²) >= 11 is 0. The van der Waals surface area contributed by atoms with E-state index in [1.165, 1.54) is 12.0 Å². The summed E-state index contributed by atoms with van der Waals surface area (Å²) in [6.07, 6.45) is 8.02. The number of phenols is 1. The number of ether oxygens (including phenoxy) is 5. The molecule has 5 heterocycles. The number of aromatic nitrogens is 1. The van der Waals surface area contributed by atoms with E-state index in [-0.39, 0.29) is 66.3 Å². The van der Waals surface area contributed by atoms with E-state index in [4.69, 9.17) is 23.7 Å². The number of phenolic OH excluding ortho intramolecular Hbond substituents is 1. The molecule has 0 radical (unpaired) electrons. The summed E-state index contributed by atoms with van der Waals surface area (Å²) in [6, 6.07) is 13.2. The number of aliphatic hydroxyl groups excluding tert-OH is 2. The van der Waals surface area contributed by atoms with Crippen molar-refractivity contribution in [2.24, 2.45) is 5.92 Å². The molecule has 65 heavy (non-hydrogen) atoms. The monoisotopic (exact) mass is 879 g/mol. The Morgan fingerprint density at radius 1 is 1.06 bits per heavy atom. The summed E-state index contributed by atoms with van der Waals surface area (Å²) in [5.74, 6) is 2.23. The van der Waals surface area contributed by atoms with Crippen LogP contribution in [0, 0.1) is 17.9 Å². The van der Waals surface area contributed by atoms with Gasteiger partial charge in [0.1, 0.15) is 41.7 Å². The summed E-state index contributed by atoms with van der Waals surface area (Å²) in [5, 5.41) is 53.4. The highest BCUT2D eigenvalue weighted by molar-refractivity contribution is 6.14. The highest BCUT2D eigenvalue weighted by atomic mass is 16.7. The standard InChI is InChI=1S/C51H49N3O11/c1-52-20-26-11-15-37-33(18-26)35(21-53-37)39-16-14-32-40(61-2)19-34-30-13-12-28-7-3-9-29(28)42(30)44-38(56)23-54-22-36-27(6-4-10-31(36)49(54)59)8-5-17-62-48-45(57)41(24-63-39)64-50(51(48,60)25-55)65-47(32)43(34)46(44)58/h4,6,10-16,18-19,21,28-29,39,41,45,48,50,52-53,55,57-58,60H,3,7-9,20,22-25H2,1-2H3. The second kappa shape index (κ2) is 16.1. The van der Waals surface area contributed by atoms with Gasteiger partial charge in [0, 0.05) is 53.1 Å². The van der Waals surface area contributed by atoms with Crippen molar-refractivity contribution in [1.82, 2.24) is 15.2 Å². The number of hydrogen-bond donors (Lipinski definition) is 6. The normalized spacial score (nSPS) is 27.8. The van der Waals surface area contributed by atoms with E-state index >= 15 is 4.79 Å². The van der Waals surface area contributed by atoms with E-state index in [9.17, 15) is 25.2 Å². The van der Waals surface area contributed by atoms with Crippen LogP contribution in [-0.2, 0) is 33.7 Å². The van der Waals surface area contributed by atoms with Crippen molar-refractivity contribution >= 4 is 45.5 Å². The first-order valence-electron chi connectivity index (χ1n) is 22.2. The lowest BCUT2D eigenvalue weighted by Gasteiger charge is -2.47. The maximum absolute atomic E-state index is 15.1. The fraction of sp³-hybridized carbons (Fsp3) is 0.373. The number of aromatic hydroxyl groups is 1. The predicted molar refractivity (Wildman–Crippen MR) is 239 cm³/mol. The summed E-state index contributed by atoms with van der Waals surface area (Å²) < 4.78 is 32.1. The minimum Gasteiger partial charge on any atom is -0.506 e. The van der Waals surface area contributed by atoms with Crippen LogP contribution in [0.4, 0.5) is 0 Å². The van der Waals surface area contributed by atoms with Gasteiger partial charge in [-0.2, -0.15) is 0 Å². The van der Waals surface area contributed by atoms with Crippen LogP contribution in [-0.4, -0.2) is 106 Å². The van der Waals surface area contributed by atoms with Gasteiger partial charge in [0.25, 0.3) is 5.91 Å². The van der Waals surface area contributed by atoms with Gasteiger partial charge in [-0.25, -0.2) is 0 Å². The van der Waals surface area contributed by atoms with Gasteiger partial charge in [-0.3, -0.25) is 9.59 Å². The van der Waals surface area contributed by atoms with Gasteiger partial charge < -0.3 is 59.3 Å². The Balaban J connectivity index is 1.19. The maximum Gasteiger partial charge on any atom is 0.254 e. The molecule has 4 aliphatic heterocycles. The van der Waals surface area contributed by atoms with Gasteiger partial charge in [-0.15, -0.1) is 0 Å². The number of nitrogens with zero attached hydrogens (tertiary/aromatic N) is 1. The Kier molecular flexibility index (Phi) is 10.3. The first kappa shape index (κ1) is 41.5. The van der Waals surface area contributed by atoms with E-state index in [1.807, 2.05) is 49.7 Å². The summed E-state index contributed by atoms with van der Waals surface area (Å²) in [7, 11) is 3.39. The van der Waals surface area contributed by atoms with Crippen molar-refractivity contribution < 1.29 is 53.7 Å². The van der Waals surface area contributed by atoms with E-state index < -0.39 is 48.7 Å². The van der Waals surface area contributed by atoms with Gasteiger partial charge in [0.05, 0.1) is 43.4 Å². The zero-order valence-corrected chi connectivity index (χ0v) is 35.9. The minimum absolute atomic E-state index is 0.0324. The topological polar surface area (TPSA) is 192 Å². The fourth-order valence-corrected chi connectivity index (χ4v) is 11.0. The molecule has 5 aromatic rings. The summed E-state index contributed by atoms with van der Waals surface area (Å²) in [5.41, 5.74) is 3.95. The highest BCUT2D eigenvalue weighted by Crippen LogP contribution is 2.55. The Morgan fingerprint density at radius 2 is 1.92 bits per heavy atom. The third-order valence-corrected chi connectivity index (χ3v) is 14.3. The zero-order chi connectivity index (χ0) is 44.7.